The molecular formula is C29H39ClN4O3. The number of piperidine rings is 1. The van der Waals surface area contributed by atoms with Crippen LogP contribution in [0.25, 0.3) is 16.7 Å². The summed E-state index contributed by atoms with van der Waals surface area (Å²) in [5.74, 6) is -0.0771. The number of benzene rings is 2. The van der Waals surface area contributed by atoms with Gasteiger partial charge < -0.3 is 9.84 Å². The van der Waals surface area contributed by atoms with E-state index >= 15 is 0 Å². The molecule has 0 saturated carbocycles. The molecule has 0 bridgehead atoms. The second kappa shape index (κ2) is 9.59. The summed E-state index contributed by atoms with van der Waals surface area (Å²) in [5.41, 5.74) is 3.05. The minimum atomic E-state index is -0.323. The van der Waals surface area contributed by atoms with Crippen LogP contribution in [-0.2, 0) is 21.4 Å². The summed E-state index contributed by atoms with van der Waals surface area (Å²) in [4.78, 5) is 16.7. The fourth-order valence-electron chi connectivity index (χ4n) is 5.40. The monoisotopic (exact) mass is 526 g/mol. The zero-order valence-corrected chi connectivity index (χ0v) is 24.0. The van der Waals surface area contributed by atoms with E-state index in [2.05, 4.69) is 49.8 Å². The number of rotatable bonds is 5. The Bertz CT molecular complexity index is 1300. The number of nitrogens with zero attached hydrogens (tertiary/aromatic N) is 4. The van der Waals surface area contributed by atoms with Crippen LogP contribution in [-0.4, -0.2) is 55.2 Å². The third-order valence-corrected chi connectivity index (χ3v) is 7.94. The van der Waals surface area contributed by atoms with Gasteiger partial charge in [0, 0.05) is 40.9 Å². The molecule has 1 aliphatic rings. The molecule has 1 fully saturated rings. The Labute approximate surface area is 224 Å². The lowest BCUT2D eigenvalue weighted by atomic mass is 9.79. The first-order chi connectivity index (χ1) is 17.1. The number of halogens is 1. The minimum Gasteiger partial charge on any atom is -0.505 e. The van der Waals surface area contributed by atoms with Crippen LogP contribution in [0.1, 0.15) is 78.9 Å². The fraction of sp³-hybridized carbons (Fsp3) is 0.552. The van der Waals surface area contributed by atoms with Crippen LogP contribution in [0.3, 0.4) is 0 Å². The number of hydrogen-bond donors (Lipinski definition) is 1. The molecule has 0 amide bonds. The van der Waals surface area contributed by atoms with Crippen molar-refractivity contribution in [3.8, 4) is 11.4 Å². The van der Waals surface area contributed by atoms with Gasteiger partial charge in [0.15, 0.2) is 0 Å². The largest absolute Gasteiger partial charge is 0.505 e. The van der Waals surface area contributed by atoms with E-state index in [1.807, 2.05) is 32.9 Å². The quantitative estimate of drug-likeness (QED) is 0.398. The van der Waals surface area contributed by atoms with Gasteiger partial charge in [-0.2, -0.15) is 0 Å². The van der Waals surface area contributed by atoms with E-state index in [9.17, 15) is 9.90 Å². The number of carbonyl (C=O) groups is 1. The summed E-state index contributed by atoms with van der Waals surface area (Å²) < 4.78 is 5.96. The van der Waals surface area contributed by atoms with E-state index in [-0.39, 0.29) is 40.7 Å². The maximum atomic E-state index is 12.9. The fourth-order valence-corrected chi connectivity index (χ4v) is 5.56. The van der Waals surface area contributed by atoms with Gasteiger partial charge >= 0.3 is 5.97 Å². The molecule has 0 aliphatic carbocycles. The van der Waals surface area contributed by atoms with Gasteiger partial charge in [0.2, 0.25) is 0 Å². The molecule has 37 heavy (non-hydrogen) atoms. The summed E-state index contributed by atoms with van der Waals surface area (Å²) in [7, 11) is 2.14. The molecule has 0 unspecified atom stereocenters. The number of fused-ring (bicyclic) bond motifs is 1. The Hall–Kier alpha value is -2.64. The van der Waals surface area contributed by atoms with Crippen molar-refractivity contribution < 1.29 is 14.6 Å². The second-order valence-electron chi connectivity index (χ2n) is 12.6. The van der Waals surface area contributed by atoms with E-state index in [4.69, 9.17) is 16.3 Å². The molecule has 1 aliphatic heterocycles. The molecule has 2 aromatic carbocycles. The number of phenolic OH excluding ortho intramolecular Hbond substituents is 1. The molecule has 0 spiro atoms. The predicted octanol–water partition coefficient (Wildman–Crippen LogP) is 6.20. The summed E-state index contributed by atoms with van der Waals surface area (Å²) in [6.45, 7) is 14.9. The van der Waals surface area contributed by atoms with Gasteiger partial charge in [-0.25, -0.2) is 0 Å². The van der Waals surface area contributed by atoms with Gasteiger partial charge in [-0.15, -0.1) is 15.0 Å². The first kappa shape index (κ1) is 27.4. The number of esters is 1. The Morgan fingerprint density at radius 1 is 1.08 bits per heavy atom. The van der Waals surface area contributed by atoms with Crippen molar-refractivity contribution in [1.29, 1.82) is 0 Å². The number of aromatic hydroxyl groups is 1. The highest BCUT2D eigenvalue weighted by atomic mass is 35.5. The van der Waals surface area contributed by atoms with Gasteiger partial charge in [0.05, 0.1) is 0 Å². The van der Waals surface area contributed by atoms with Gasteiger partial charge in [0.25, 0.3) is 0 Å². The molecule has 0 atom stereocenters. The zero-order chi connectivity index (χ0) is 27.3. The van der Waals surface area contributed by atoms with Crippen molar-refractivity contribution in [2.24, 2.45) is 0 Å². The van der Waals surface area contributed by atoms with Gasteiger partial charge in [0.1, 0.15) is 28.6 Å². The smallest absolute Gasteiger partial charge is 0.306 e. The average molecular weight is 527 g/mol. The van der Waals surface area contributed by atoms with Crippen molar-refractivity contribution in [3.63, 3.8) is 0 Å². The SMILES string of the molecule is CN1C(C)(C)CC(OC(=O)CCc2cc(-n3nc4ccc(Cl)cc4n3)c(O)c(C(C)(C)C)c2)CC1(C)C. The molecule has 2 heterocycles. The Morgan fingerprint density at radius 3 is 2.32 bits per heavy atom. The van der Waals surface area contributed by atoms with Crippen molar-refractivity contribution in [2.45, 2.75) is 96.7 Å². The van der Waals surface area contributed by atoms with Crippen molar-refractivity contribution >= 4 is 28.6 Å². The van der Waals surface area contributed by atoms with E-state index in [0.29, 0.717) is 28.2 Å². The highest BCUT2D eigenvalue weighted by Gasteiger charge is 2.44. The summed E-state index contributed by atoms with van der Waals surface area (Å²) >= 11 is 6.12. The summed E-state index contributed by atoms with van der Waals surface area (Å²) in [6.07, 6.45) is 2.24. The number of hydrogen-bond acceptors (Lipinski definition) is 6. The van der Waals surface area contributed by atoms with Crippen LogP contribution in [0.4, 0.5) is 0 Å². The third kappa shape index (κ3) is 5.78. The number of likely N-dealkylation sites (tertiary alicyclic amines) is 1. The first-order valence-corrected chi connectivity index (χ1v) is 13.3. The maximum absolute atomic E-state index is 12.9. The zero-order valence-electron chi connectivity index (χ0n) is 23.2. The van der Waals surface area contributed by atoms with Crippen LogP contribution in [0.2, 0.25) is 5.02 Å². The lowest BCUT2D eigenvalue weighted by molar-refractivity contribution is -0.158. The van der Waals surface area contributed by atoms with Crippen LogP contribution in [0.15, 0.2) is 30.3 Å². The molecule has 7 nitrogen and oxygen atoms in total. The highest BCUT2D eigenvalue weighted by molar-refractivity contribution is 6.31. The predicted molar refractivity (Wildman–Crippen MR) is 148 cm³/mol. The van der Waals surface area contributed by atoms with E-state index in [0.717, 1.165) is 24.0 Å². The molecule has 0 radical (unpaired) electrons. The number of ether oxygens (including phenoxy) is 1. The average Bonchev–Trinajstić information content (AvgIpc) is 3.18. The van der Waals surface area contributed by atoms with Gasteiger partial charge in [-0.1, -0.05) is 38.4 Å². The number of phenols is 1. The lowest BCUT2D eigenvalue weighted by Crippen LogP contribution is -2.60. The standard InChI is InChI=1S/C29H39ClN4O3/c1-27(2,3)21-13-18(9-12-25(35)37-20-16-28(4,5)33(8)29(6,7)17-20)14-24(26(21)36)34-31-22-11-10-19(30)15-23(22)32-34/h10-11,13-15,20,36H,9,12,16-17H2,1-8H3. The Morgan fingerprint density at radius 2 is 1.70 bits per heavy atom. The molecule has 3 aromatic rings. The normalized spacial score (nSPS) is 18.3. The van der Waals surface area contributed by atoms with E-state index in [1.165, 1.54) is 4.80 Å². The molecule has 4 rings (SSSR count). The summed E-state index contributed by atoms with van der Waals surface area (Å²) in [5, 5.41) is 20.8. The first-order valence-electron chi connectivity index (χ1n) is 12.9. The van der Waals surface area contributed by atoms with Crippen LogP contribution in [0.5, 0.6) is 5.75 Å². The summed E-state index contributed by atoms with van der Waals surface area (Å²) in [6, 6.07) is 9.12. The number of aryl methyl sites for hydroxylation is 1. The number of aromatic nitrogens is 3. The van der Waals surface area contributed by atoms with Crippen molar-refractivity contribution in [3.05, 3.63) is 46.5 Å². The minimum absolute atomic E-state index is 0.0509. The maximum Gasteiger partial charge on any atom is 0.306 e. The molecule has 1 aromatic heterocycles. The van der Waals surface area contributed by atoms with E-state index in [1.54, 1.807) is 18.2 Å². The van der Waals surface area contributed by atoms with Crippen LogP contribution in [0, 0.1) is 0 Å². The number of carbonyl (C=O) groups excluding carboxylic acids is 1. The van der Waals surface area contributed by atoms with Gasteiger partial charge in [-0.3, -0.25) is 9.69 Å². The second-order valence-corrected chi connectivity index (χ2v) is 13.0. The molecular weight excluding hydrogens is 488 g/mol. The van der Waals surface area contributed by atoms with Crippen LogP contribution >= 0.6 is 11.6 Å². The van der Waals surface area contributed by atoms with Gasteiger partial charge in [-0.05, 0) is 76.4 Å². The Kier molecular flexibility index (Phi) is 7.10. The Balaban J connectivity index is 1.56. The van der Waals surface area contributed by atoms with Crippen molar-refractivity contribution in [2.75, 3.05) is 7.05 Å². The van der Waals surface area contributed by atoms with E-state index < -0.39 is 0 Å². The molecule has 8 heteroatoms. The highest BCUT2D eigenvalue weighted by Crippen LogP contribution is 2.39. The molecule has 1 N–H and O–H groups in total. The third-order valence-electron chi connectivity index (χ3n) is 7.70. The topological polar surface area (TPSA) is 80.5 Å². The van der Waals surface area contributed by atoms with Crippen LogP contribution < -0.4 is 0 Å². The lowest BCUT2D eigenvalue weighted by Gasteiger charge is -2.53. The van der Waals surface area contributed by atoms with Crippen molar-refractivity contribution in [1.82, 2.24) is 19.9 Å². The molecule has 1 saturated heterocycles. The molecule has 200 valence electrons.